The van der Waals surface area contributed by atoms with Crippen LogP contribution in [0.4, 0.5) is 4.39 Å². The van der Waals surface area contributed by atoms with Crippen LogP contribution >= 0.6 is 27.5 Å². The topological polar surface area (TPSA) is 29.1 Å². The summed E-state index contributed by atoms with van der Waals surface area (Å²) < 4.78 is 13.6. The Morgan fingerprint density at radius 3 is 2.95 bits per heavy atom. The van der Waals surface area contributed by atoms with Crippen LogP contribution in [0.15, 0.2) is 18.2 Å². The van der Waals surface area contributed by atoms with Crippen molar-refractivity contribution >= 4 is 33.4 Å². The first-order chi connectivity index (χ1) is 9.11. The number of hydrogen-bond donors (Lipinski definition) is 1. The van der Waals surface area contributed by atoms with E-state index >= 15 is 0 Å². The second kappa shape index (κ2) is 6.71. The predicted octanol–water partition coefficient (Wildman–Crippen LogP) is 3.70. The van der Waals surface area contributed by atoms with Gasteiger partial charge in [0.15, 0.2) is 0 Å². The van der Waals surface area contributed by atoms with E-state index in [4.69, 9.17) is 11.6 Å². The van der Waals surface area contributed by atoms with Gasteiger partial charge in [-0.2, -0.15) is 0 Å². The van der Waals surface area contributed by atoms with Crippen LogP contribution in [0.5, 0.6) is 0 Å². The Labute approximate surface area is 125 Å². The van der Waals surface area contributed by atoms with Gasteiger partial charge in [0.2, 0.25) is 5.91 Å². The van der Waals surface area contributed by atoms with Crippen LogP contribution in [0.25, 0.3) is 0 Å². The Bertz CT molecular complexity index is 449. The molecule has 0 aliphatic heterocycles. The van der Waals surface area contributed by atoms with Crippen LogP contribution in [-0.4, -0.2) is 17.3 Å². The maximum Gasteiger partial charge on any atom is 0.224 e. The molecule has 19 heavy (non-hydrogen) atoms. The molecule has 5 heteroatoms. The van der Waals surface area contributed by atoms with E-state index in [1.54, 1.807) is 6.07 Å². The molecule has 104 valence electrons. The van der Waals surface area contributed by atoms with Crippen LogP contribution in [0, 0.1) is 11.7 Å². The quantitative estimate of drug-likeness (QED) is 0.826. The lowest BCUT2D eigenvalue weighted by atomic mass is 10.1. The molecule has 1 aromatic rings. The zero-order valence-corrected chi connectivity index (χ0v) is 12.8. The summed E-state index contributed by atoms with van der Waals surface area (Å²) in [6.45, 7) is 0. The molecule has 1 amide bonds. The fourth-order valence-corrected chi connectivity index (χ4v) is 3.54. The SMILES string of the molecule is O=C(Cc1c(F)cccc1Cl)NC1CCCC1CBr. The minimum absolute atomic E-state index is 0.00296. The Morgan fingerprint density at radius 2 is 2.26 bits per heavy atom. The zero-order chi connectivity index (χ0) is 13.8. The summed E-state index contributed by atoms with van der Waals surface area (Å²) in [7, 11) is 0. The number of carbonyl (C=O) groups is 1. The van der Waals surface area contributed by atoms with Gasteiger partial charge in [-0.25, -0.2) is 4.39 Å². The largest absolute Gasteiger partial charge is 0.353 e. The zero-order valence-electron chi connectivity index (χ0n) is 10.5. The number of carbonyl (C=O) groups excluding carboxylic acids is 1. The summed E-state index contributed by atoms with van der Waals surface area (Å²) in [5, 5.41) is 4.18. The molecule has 1 fully saturated rings. The summed E-state index contributed by atoms with van der Waals surface area (Å²) in [4.78, 5) is 12.0. The van der Waals surface area contributed by atoms with Crippen LogP contribution in [0.3, 0.4) is 0 Å². The number of amides is 1. The molecule has 2 rings (SSSR count). The van der Waals surface area contributed by atoms with Crippen molar-refractivity contribution in [2.24, 2.45) is 5.92 Å². The third-order valence-corrected chi connectivity index (χ3v) is 4.79. The first-order valence-corrected chi connectivity index (χ1v) is 7.90. The molecule has 1 N–H and O–H groups in total. The Balaban J connectivity index is 1.98. The monoisotopic (exact) mass is 347 g/mol. The number of rotatable bonds is 4. The van der Waals surface area contributed by atoms with Gasteiger partial charge in [0.05, 0.1) is 6.42 Å². The average molecular weight is 349 g/mol. The van der Waals surface area contributed by atoms with Crippen molar-refractivity contribution in [3.05, 3.63) is 34.6 Å². The van der Waals surface area contributed by atoms with Crippen molar-refractivity contribution < 1.29 is 9.18 Å². The van der Waals surface area contributed by atoms with Gasteiger partial charge in [-0.15, -0.1) is 0 Å². The summed E-state index contributed by atoms with van der Waals surface area (Å²) in [6.07, 6.45) is 3.24. The van der Waals surface area contributed by atoms with Crippen LogP contribution in [0.2, 0.25) is 5.02 Å². The molecule has 0 saturated heterocycles. The fourth-order valence-electron chi connectivity index (χ4n) is 2.53. The lowest BCUT2D eigenvalue weighted by Gasteiger charge is -2.19. The molecule has 0 aromatic heterocycles. The van der Waals surface area contributed by atoms with E-state index in [0.717, 1.165) is 24.6 Å². The molecule has 0 spiro atoms. The molecule has 0 bridgehead atoms. The van der Waals surface area contributed by atoms with E-state index in [1.165, 1.54) is 12.1 Å². The van der Waals surface area contributed by atoms with Gasteiger partial charge in [-0.05, 0) is 30.9 Å². The molecule has 0 heterocycles. The second-order valence-corrected chi connectivity index (χ2v) is 5.95. The van der Waals surface area contributed by atoms with Crippen molar-refractivity contribution in [3.8, 4) is 0 Å². The summed E-state index contributed by atoms with van der Waals surface area (Å²) >= 11 is 9.38. The van der Waals surface area contributed by atoms with Gasteiger partial charge in [-0.3, -0.25) is 4.79 Å². The first-order valence-electron chi connectivity index (χ1n) is 6.40. The Hall–Kier alpha value is -0.610. The van der Waals surface area contributed by atoms with Gasteiger partial charge in [0.1, 0.15) is 5.82 Å². The summed E-state index contributed by atoms with van der Waals surface area (Å²) in [5.41, 5.74) is 0.273. The highest BCUT2D eigenvalue weighted by molar-refractivity contribution is 9.09. The minimum atomic E-state index is -0.425. The van der Waals surface area contributed by atoms with Crippen LogP contribution in [0.1, 0.15) is 24.8 Å². The van der Waals surface area contributed by atoms with E-state index in [2.05, 4.69) is 21.2 Å². The molecule has 1 aromatic carbocycles. The standard InChI is InChI=1S/C14H16BrClFNO/c15-8-9-3-1-6-13(9)18-14(19)7-10-11(16)4-2-5-12(10)17/h2,4-5,9,13H,1,3,6-8H2,(H,18,19). The Kier molecular flexibility index (Phi) is 5.22. The normalized spacial score (nSPS) is 22.5. The van der Waals surface area contributed by atoms with Crippen molar-refractivity contribution in [1.29, 1.82) is 0 Å². The van der Waals surface area contributed by atoms with Crippen LogP contribution < -0.4 is 5.32 Å². The maximum absolute atomic E-state index is 13.6. The number of halogens is 3. The highest BCUT2D eigenvalue weighted by Gasteiger charge is 2.27. The number of alkyl halides is 1. The second-order valence-electron chi connectivity index (χ2n) is 4.90. The van der Waals surface area contributed by atoms with E-state index < -0.39 is 5.82 Å². The number of nitrogens with one attached hydrogen (secondary N) is 1. The molecule has 0 radical (unpaired) electrons. The molecule has 1 aliphatic rings. The third-order valence-electron chi connectivity index (χ3n) is 3.60. The Morgan fingerprint density at radius 1 is 1.47 bits per heavy atom. The lowest BCUT2D eigenvalue weighted by molar-refractivity contribution is -0.121. The van der Waals surface area contributed by atoms with Crippen molar-refractivity contribution in [1.82, 2.24) is 5.32 Å². The molecule has 1 saturated carbocycles. The number of benzene rings is 1. The predicted molar refractivity (Wildman–Crippen MR) is 78.2 cm³/mol. The average Bonchev–Trinajstić information content (AvgIpc) is 2.81. The summed E-state index contributed by atoms with van der Waals surface area (Å²) in [5.74, 6) is -0.115. The van der Waals surface area contributed by atoms with Gasteiger partial charge >= 0.3 is 0 Å². The molecule has 2 atom stereocenters. The molecule has 2 unspecified atom stereocenters. The fraction of sp³-hybridized carbons (Fsp3) is 0.500. The van der Waals surface area contributed by atoms with Gasteiger partial charge in [-0.1, -0.05) is 40.0 Å². The van der Waals surface area contributed by atoms with E-state index in [-0.39, 0.29) is 23.9 Å². The van der Waals surface area contributed by atoms with Crippen LogP contribution in [-0.2, 0) is 11.2 Å². The molecule has 1 aliphatic carbocycles. The van der Waals surface area contributed by atoms with Gasteiger partial charge in [0.25, 0.3) is 0 Å². The molecular weight excluding hydrogens is 333 g/mol. The van der Waals surface area contributed by atoms with Crippen molar-refractivity contribution in [2.45, 2.75) is 31.7 Å². The first kappa shape index (κ1) is 14.8. The highest BCUT2D eigenvalue weighted by Crippen LogP contribution is 2.27. The smallest absolute Gasteiger partial charge is 0.224 e. The lowest BCUT2D eigenvalue weighted by Crippen LogP contribution is -2.38. The van der Waals surface area contributed by atoms with E-state index in [9.17, 15) is 9.18 Å². The molecular formula is C14H16BrClFNO. The van der Waals surface area contributed by atoms with E-state index in [0.29, 0.717) is 10.9 Å². The number of hydrogen-bond acceptors (Lipinski definition) is 1. The minimum Gasteiger partial charge on any atom is -0.353 e. The maximum atomic E-state index is 13.6. The summed E-state index contributed by atoms with van der Waals surface area (Å²) in [6, 6.07) is 4.66. The van der Waals surface area contributed by atoms with E-state index in [1.807, 2.05) is 0 Å². The van der Waals surface area contributed by atoms with Crippen molar-refractivity contribution in [2.75, 3.05) is 5.33 Å². The molecule has 2 nitrogen and oxygen atoms in total. The van der Waals surface area contributed by atoms with Gasteiger partial charge in [0, 0.05) is 22.0 Å². The van der Waals surface area contributed by atoms with Crippen molar-refractivity contribution in [3.63, 3.8) is 0 Å². The van der Waals surface area contributed by atoms with Gasteiger partial charge < -0.3 is 5.32 Å². The highest BCUT2D eigenvalue weighted by atomic mass is 79.9. The third kappa shape index (κ3) is 3.69.